The van der Waals surface area contributed by atoms with Crippen molar-refractivity contribution in [2.75, 3.05) is 56.0 Å². The molecule has 0 unspecified atom stereocenters. The number of amides is 1. The molecule has 4 rings (SSSR count). The van der Waals surface area contributed by atoms with E-state index in [1.807, 2.05) is 11.8 Å². The minimum absolute atomic E-state index is 0. The maximum absolute atomic E-state index is 12.8. The van der Waals surface area contributed by atoms with E-state index in [2.05, 4.69) is 30.3 Å². The minimum Gasteiger partial charge on any atom is -0.382 e. The number of halogens is 3. The van der Waals surface area contributed by atoms with Crippen LogP contribution in [-0.2, 0) is 11.0 Å². The second-order valence-corrected chi connectivity index (χ2v) is 9.57. The number of alkyl halides is 3. The number of anilines is 2. The Morgan fingerprint density at radius 2 is 1.85 bits per heavy atom. The normalized spacial score (nSPS) is 18.0. The number of pyridine rings is 1. The molecule has 8 nitrogen and oxygen atoms in total. The van der Waals surface area contributed by atoms with Crippen LogP contribution in [0.25, 0.3) is 0 Å². The quantitative estimate of drug-likeness (QED) is 0.652. The Labute approximate surface area is 202 Å². The van der Waals surface area contributed by atoms with Gasteiger partial charge in [-0.2, -0.15) is 13.2 Å². The van der Waals surface area contributed by atoms with E-state index in [1.54, 1.807) is 17.4 Å². The summed E-state index contributed by atoms with van der Waals surface area (Å²) in [6.07, 6.45) is -1.41. The van der Waals surface area contributed by atoms with Crippen LogP contribution in [0.15, 0.2) is 18.3 Å². The second-order valence-electron chi connectivity index (χ2n) is 8.41. The van der Waals surface area contributed by atoms with Gasteiger partial charge in [0.05, 0.1) is 0 Å². The van der Waals surface area contributed by atoms with Crippen molar-refractivity contribution in [3.8, 4) is 0 Å². The van der Waals surface area contributed by atoms with Gasteiger partial charge >= 0.3 is 6.18 Å². The van der Waals surface area contributed by atoms with Crippen molar-refractivity contribution in [1.82, 2.24) is 25.0 Å². The van der Waals surface area contributed by atoms with E-state index in [1.165, 1.54) is 6.20 Å². The van der Waals surface area contributed by atoms with Crippen LogP contribution in [0.4, 0.5) is 24.0 Å². The van der Waals surface area contributed by atoms with Gasteiger partial charge in [-0.15, -0.1) is 10.2 Å². The molecule has 4 heterocycles. The predicted molar refractivity (Wildman–Crippen MR) is 127 cm³/mol. The molecule has 2 aliphatic rings. The van der Waals surface area contributed by atoms with E-state index in [-0.39, 0.29) is 19.4 Å². The number of aryl methyl sites for hydroxylation is 1. The number of aromatic nitrogens is 3. The number of piperidine rings is 1. The highest BCUT2D eigenvalue weighted by molar-refractivity contribution is 7.15. The number of carbonyl (C=O) groups is 1. The molecule has 2 aromatic rings. The molecule has 2 aromatic heterocycles. The van der Waals surface area contributed by atoms with Crippen LogP contribution >= 0.6 is 11.3 Å². The molecule has 34 heavy (non-hydrogen) atoms. The van der Waals surface area contributed by atoms with Crippen molar-refractivity contribution in [2.24, 2.45) is 0 Å². The summed E-state index contributed by atoms with van der Waals surface area (Å²) in [5.74, 6) is 0.138. The average Bonchev–Trinajstić information content (AvgIpc) is 3.24. The van der Waals surface area contributed by atoms with Crippen LogP contribution in [0.2, 0.25) is 0 Å². The van der Waals surface area contributed by atoms with E-state index in [0.29, 0.717) is 38.0 Å². The fourth-order valence-electron chi connectivity index (χ4n) is 4.17. The molecule has 2 aliphatic heterocycles. The van der Waals surface area contributed by atoms with E-state index >= 15 is 0 Å². The van der Waals surface area contributed by atoms with Gasteiger partial charge in [0.15, 0.2) is 0 Å². The first-order valence-corrected chi connectivity index (χ1v) is 11.9. The van der Waals surface area contributed by atoms with E-state index < -0.39 is 11.9 Å². The topological polar surface area (TPSA) is 77.5 Å². The van der Waals surface area contributed by atoms with Crippen molar-refractivity contribution < 1.29 is 18.0 Å². The van der Waals surface area contributed by atoms with Gasteiger partial charge in [0, 0.05) is 70.2 Å². The number of nitrogens with one attached hydrogen (secondary N) is 1. The second kappa shape index (κ2) is 11.3. The first-order chi connectivity index (χ1) is 15.8. The molecule has 0 radical (unpaired) electrons. The van der Waals surface area contributed by atoms with Crippen molar-refractivity contribution in [3.05, 3.63) is 29.0 Å². The summed E-state index contributed by atoms with van der Waals surface area (Å²) in [6.45, 7) is 7.45. The zero-order valence-corrected chi connectivity index (χ0v) is 19.3. The number of piperazine rings is 1. The van der Waals surface area contributed by atoms with Crippen LogP contribution in [0, 0.1) is 6.92 Å². The minimum atomic E-state index is -4.46. The third kappa shape index (κ3) is 6.78. The summed E-state index contributed by atoms with van der Waals surface area (Å²) in [5, 5.41) is 13.4. The molecule has 2 saturated heterocycles. The molecule has 0 spiro atoms. The van der Waals surface area contributed by atoms with Crippen LogP contribution in [0.3, 0.4) is 0 Å². The molecular formula is C22H32F3N7OS. The lowest BCUT2D eigenvalue weighted by Gasteiger charge is -2.35. The van der Waals surface area contributed by atoms with Crippen LogP contribution in [0.1, 0.15) is 37.4 Å². The molecule has 0 aliphatic carbocycles. The maximum Gasteiger partial charge on any atom is 0.433 e. The Morgan fingerprint density at radius 1 is 1.15 bits per heavy atom. The molecule has 0 aromatic carbocycles. The molecular weight excluding hydrogens is 467 g/mol. The van der Waals surface area contributed by atoms with Gasteiger partial charge in [-0.25, -0.2) is 0 Å². The number of carbonyl (C=O) groups excluding carboxylic acids is 1. The lowest BCUT2D eigenvalue weighted by Crippen LogP contribution is -2.48. The molecule has 1 amide bonds. The van der Waals surface area contributed by atoms with Gasteiger partial charge in [0.2, 0.25) is 11.0 Å². The van der Waals surface area contributed by atoms with Crippen molar-refractivity contribution in [2.45, 2.75) is 45.8 Å². The first kappa shape index (κ1) is 26.1. The molecule has 0 bridgehead atoms. The van der Waals surface area contributed by atoms with Crippen LogP contribution in [-0.4, -0.2) is 82.7 Å². The lowest BCUT2D eigenvalue weighted by atomic mass is 10.0. The Morgan fingerprint density at radius 3 is 2.47 bits per heavy atom. The summed E-state index contributed by atoms with van der Waals surface area (Å²) in [4.78, 5) is 22.5. The van der Waals surface area contributed by atoms with Crippen molar-refractivity contribution >= 4 is 28.1 Å². The Kier molecular flexibility index (Phi) is 8.69. The summed E-state index contributed by atoms with van der Waals surface area (Å²) in [7, 11) is 0. The number of hydrogen-bond acceptors (Lipinski definition) is 8. The number of rotatable bonds is 6. The van der Waals surface area contributed by atoms with Crippen LogP contribution in [0.5, 0.6) is 0 Å². The third-order valence-electron chi connectivity index (χ3n) is 6.07. The highest BCUT2D eigenvalue weighted by Gasteiger charge is 2.33. The Hall–Kier alpha value is -2.47. The molecule has 0 atom stereocenters. The van der Waals surface area contributed by atoms with Gasteiger partial charge < -0.3 is 15.1 Å². The zero-order chi connectivity index (χ0) is 23.4. The van der Waals surface area contributed by atoms with Crippen molar-refractivity contribution in [3.63, 3.8) is 0 Å². The van der Waals surface area contributed by atoms with Crippen molar-refractivity contribution in [1.29, 1.82) is 0 Å². The molecule has 0 saturated carbocycles. The molecule has 1 N–H and O–H groups in total. The largest absolute Gasteiger partial charge is 0.433 e. The summed E-state index contributed by atoms with van der Waals surface area (Å²) < 4.78 is 38.5. The SMILES string of the molecule is C.Cc1nnc(N2CCN(CCC(=O)N3CCC(Nc4ccnc(C(F)(F)F)c4)CC3)CC2)s1. The van der Waals surface area contributed by atoms with Gasteiger partial charge in [0.25, 0.3) is 0 Å². The van der Waals surface area contributed by atoms with Gasteiger partial charge in [-0.1, -0.05) is 18.8 Å². The standard InChI is InChI=1S/C21H28F3N7OS.CH4/c1-15-27-28-20(33-15)31-12-10-29(11-13-31)7-5-19(32)30-8-3-16(4-9-30)26-17-2-6-25-18(14-17)21(22,23)24;/h2,6,14,16H,3-5,7-13H2,1H3,(H,25,26);1H4. The monoisotopic (exact) mass is 499 g/mol. The number of likely N-dealkylation sites (tertiary alicyclic amines) is 1. The van der Waals surface area contributed by atoms with E-state index in [9.17, 15) is 18.0 Å². The highest BCUT2D eigenvalue weighted by Crippen LogP contribution is 2.29. The highest BCUT2D eigenvalue weighted by atomic mass is 32.1. The van der Waals surface area contributed by atoms with Gasteiger partial charge in [-0.3, -0.25) is 14.7 Å². The molecule has 188 valence electrons. The fraction of sp³-hybridized carbons (Fsp3) is 0.636. The maximum atomic E-state index is 12.8. The summed E-state index contributed by atoms with van der Waals surface area (Å²) in [5.41, 5.74) is -0.496. The van der Waals surface area contributed by atoms with E-state index in [4.69, 9.17) is 0 Å². The lowest BCUT2D eigenvalue weighted by molar-refractivity contribution is -0.141. The zero-order valence-electron chi connectivity index (χ0n) is 18.5. The van der Waals surface area contributed by atoms with Crippen LogP contribution < -0.4 is 10.2 Å². The predicted octanol–water partition coefficient (Wildman–Crippen LogP) is 3.51. The van der Waals surface area contributed by atoms with Gasteiger partial charge in [0.1, 0.15) is 10.7 Å². The Balaban J connectivity index is 0.00000324. The fourth-order valence-corrected chi connectivity index (χ4v) is 4.91. The summed E-state index contributed by atoms with van der Waals surface area (Å²) >= 11 is 1.60. The average molecular weight is 500 g/mol. The Bertz CT molecular complexity index is 939. The smallest absolute Gasteiger partial charge is 0.382 e. The van der Waals surface area contributed by atoms with E-state index in [0.717, 1.165) is 48.9 Å². The third-order valence-corrected chi connectivity index (χ3v) is 6.97. The molecule has 2 fully saturated rings. The van der Waals surface area contributed by atoms with Gasteiger partial charge in [-0.05, 0) is 31.9 Å². The first-order valence-electron chi connectivity index (χ1n) is 11.1. The summed E-state index contributed by atoms with van der Waals surface area (Å²) in [6, 6.07) is 2.61. The number of nitrogens with zero attached hydrogens (tertiary/aromatic N) is 6. The number of hydrogen-bond donors (Lipinski definition) is 1. The molecule has 12 heteroatoms.